The van der Waals surface area contributed by atoms with Gasteiger partial charge in [0.05, 0.1) is 19.3 Å². The number of rotatable bonds is 3. The van der Waals surface area contributed by atoms with E-state index in [0.29, 0.717) is 29.6 Å². The standard InChI is InChI=1S/C16H19F2IO3/c1-15(2)20-8-14(22-15)10-6-16(9-19,21-7-10)12-4-3-11(17)5-13(12)18/h3-5,10,14H,6-9H2,1-2H3/t10-,14?,16+/m0/s1. The van der Waals surface area contributed by atoms with Crippen LogP contribution in [0, 0.1) is 17.6 Å². The SMILES string of the molecule is CC1(C)OCC([C@@H]2CO[C@](CI)(c3ccc(F)cc3F)C2)O1. The van der Waals surface area contributed by atoms with Crippen LogP contribution in [-0.2, 0) is 19.8 Å². The lowest BCUT2D eigenvalue weighted by Gasteiger charge is -2.28. The Balaban J connectivity index is 1.81. The Hall–Kier alpha value is -0.310. The summed E-state index contributed by atoms with van der Waals surface area (Å²) in [4.78, 5) is 0. The van der Waals surface area contributed by atoms with Gasteiger partial charge in [-0.25, -0.2) is 8.78 Å². The van der Waals surface area contributed by atoms with E-state index in [2.05, 4.69) is 22.6 Å². The molecule has 2 heterocycles. The van der Waals surface area contributed by atoms with Gasteiger partial charge in [-0.05, 0) is 26.3 Å². The van der Waals surface area contributed by atoms with Crippen molar-refractivity contribution in [2.45, 2.75) is 37.8 Å². The topological polar surface area (TPSA) is 27.7 Å². The Kier molecular flexibility index (Phi) is 4.48. The van der Waals surface area contributed by atoms with E-state index in [1.54, 1.807) is 0 Å². The highest BCUT2D eigenvalue weighted by Crippen LogP contribution is 2.45. The molecule has 0 spiro atoms. The lowest BCUT2D eigenvalue weighted by atomic mass is 9.86. The first-order chi connectivity index (χ1) is 10.4. The summed E-state index contributed by atoms with van der Waals surface area (Å²) in [6, 6.07) is 3.68. The fourth-order valence-electron chi connectivity index (χ4n) is 3.21. The van der Waals surface area contributed by atoms with Crippen LogP contribution in [0.2, 0.25) is 0 Å². The number of ether oxygens (including phenoxy) is 3. The van der Waals surface area contributed by atoms with Gasteiger partial charge < -0.3 is 14.2 Å². The van der Waals surface area contributed by atoms with E-state index >= 15 is 0 Å². The number of alkyl halides is 1. The van der Waals surface area contributed by atoms with Crippen molar-refractivity contribution in [1.29, 1.82) is 0 Å². The maximum atomic E-state index is 14.2. The third-order valence-electron chi connectivity index (χ3n) is 4.36. The molecule has 3 nitrogen and oxygen atoms in total. The van der Waals surface area contributed by atoms with E-state index in [1.807, 2.05) is 13.8 Å². The molecule has 2 aliphatic heterocycles. The average molecular weight is 424 g/mol. The van der Waals surface area contributed by atoms with E-state index in [1.165, 1.54) is 12.1 Å². The second-order valence-electron chi connectivity index (χ2n) is 6.39. The third kappa shape index (κ3) is 3.02. The zero-order valence-electron chi connectivity index (χ0n) is 12.6. The molecule has 0 N–H and O–H groups in total. The van der Waals surface area contributed by atoms with Gasteiger partial charge in [0.2, 0.25) is 0 Å². The summed E-state index contributed by atoms with van der Waals surface area (Å²) in [5.74, 6) is -1.57. The van der Waals surface area contributed by atoms with Crippen molar-refractivity contribution in [2.24, 2.45) is 5.92 Å². The molecule has 122 valence electrons. The average Bonchev–Trinajstić information content (AvgIpc) is 3.03. The van der Waals surface area contributed by atoms with Crippen LogP contribution in [0.5, 0.6) is 0 Å². The minimum atomic E-state index is -0.723. The van der Waals surface area contributed by atoms with Gasteiger partial charge in [0, 0.05) is 22.0 Å². The van der Waals surface area contributed by atoms with Crippen LogP contribution in [0.15, 0.2) is 18.2 Å². The molecule has 3 atom stereocenters. The summed E-state index contributed by atoms with van der Waals surface area (Å²) in [6.45, 7) is 4.77. The Morgan fingerprint density at radius 1 is 1.23 bits per heavy atom. The summed E-state index contributed by atoms with van der Waals surface area (Å²) < 4.78 is 45.4. The molecular formula is C16H19F2IO3. The van der Waals surface area contributed by atoms with Gasteiger partial charge in [0.25, 0.3) is 0 Å². The molecule has 0 amide bonds. The first-order valence-electron chi connectivity index (χ1n) is 7.32. The van der Waals surface area contributed by atoms with Gasteiger partial charge >= 0.3 is 0 Å². The van der Waals surface area contributed by atoms with Crippen molar-refractivity contribution in [2.75, 3.05) is 17.6 Å². The van der Waals surface area contributed by atoms with Gasteiger partial charge in [0.15, 0.2) is 5.79 Å². The van der Waals surface area contributed by atoms with E-state index in [-0.39, 0.29) is 12.0 Å². The van der Waals surface area contributed by atoms with E-state index < -0.39 is 23.0 Å². The number of benzene rings is 1. The Bertz CT molecular complexity index is 566. The maximum Gasteiger partial charge on any atom is 0.163 e. The fraction of sp³-hybridized carbons (Fsp3) is 0.625. The van der Waals surface area contributed by atoms with E-state index in [0.717, 1.165) is 6.07 Å². The van der Waals surface area contributed by atoms with Gasteiger partial charge in [-0.1, -0.05) is 28.7 Å². The van der Waals surface area contributed by atoms with Crippen molar-refractivity contribution >= 4 is 22.6 Å². The van der Waals surface area contributed by atoms with Crippen LogP contribution >= 0.6 is 22.6 Å². The molecule has 2 aliphatic rings. The predicted molar refractivity (Wildman–Crippen MR) is 85.9 cm³/mol. The molecule has 0 saturated carbocycles. The quantitative estimate of drug-likeness (QED) is 0.546. The zero-order chi connectivity index (χ0) is 16.0. The van der Waals surface area contributed by atoms with Crippen molar-refractivity contribution < 1.29 is 23.0 Å². The molecule has 1 aromatic carbocycles. The van der Waals surface area contributed by atoms with Gasteiger partial charge in [0.1, 0.15) is 17.2 Å². The van der Waals surface area contributed by atoms with Crippen molar-refractivity contribution in [1.82, 2.24) is 0 Å². The highest BCUT2D eigenvalue weighted by Gasteiger charge is 2.48. The number of halogens is 3. The number of hydrogen-bond donors (Lipinski definition) is 0. The first kappa shape index (κ1) is 16.5. The molecule has 6 heteroatoms. The highest BCUT2D eigenvalue weighted by atomic mass is 127. The molecule has 0 bridgehead atoms. The molecule has 2 saturated heterocycles. The lowest BCUT2D eigenvalue weighted by molar-refractivity contribution is -0.144. The van der Waals surface area contributed by atoms with Gasteiger partial charge in [-0.2, -0.15) is 0 Å². The largest absolute Gasteiger partial charge is 0.369 e. The van der Waals surface area contributed by atoms with Crippen LogP contribution in [0.4, 0.5) is 8.78 Å². The molecular weight excluding hydrogens is 405 g/mol. The summed E-state index contributed by atoms with van der Waals surface area (Å²) in [5, 5.41) is 0. The molecule has 22 heavy (non-hydrogen) atoms. The molecule has 1 aromatic rings. The maximum absolute atomic E-state index is 14.2. The lowest BCUT2D eigenvalue weighted by Crippen LogP contribution is -2.30. The third-order valence-corrected chi connectivity index (χ3v) is 5.59. The smallest absolute Gasteiger partial charge is 0.163 e. The van der Waals surface area contributed by atoms with E-state index in [9.17, 15) is 8.78 Å². The Morgan fingerprint density at radius 3 is 2.59 bits per heavy atom. The van der Waals surface area contributed by atoms with Crippen molar-refractivity contribution in [3.8, 4) is 0 Å². The Morgan fingerprint density at radius 2 is 2.00 bits per heavy atom. The van der Waals surface area contributed by atoms with Crippen LogP contribution < -0.4 is 0 Å². The molecule has 0 radical (unpaired) electrons. The summed E-state index contributed by atoms with van der Waals surface area (Å²) in [6.07, 6.45) is 0.589. The van der Waals surface area contributed by atoms with Gasteiger partial charge in [-0.15, -0.1) is 0 Å². The summed E-state index contributed by atoms with van der Waals surface area (Å²) in [7, 11) is 0. The monoisotopic (exact) mass is 424 g/mol. The van der Waals surface area contributed by atoms with E-state index in [4.69, 9.17) is 14.2 Å². The molecule has 3 rings (SSSR count). The van der Waals surface area contributed by atoms with Crippen molar-refractivity contribution in [3.05, 3.63) is 35.4 Å². The van der Waals surface area contributed by atoms with Crippen LogP contribution in [-0.4, -0.2) is 29.5 Å². The fourth-order valence-corrected chi connectivity index (χ4v) is 4.15. The second kappa shape index (κ2) is 5.96. The summed E-state index contributed by atoms with van der Waals surface area (Å²) >= 11 is 2.19. The van der Waals surface area contributed by atoms with Gasteiger partial charge in [-0.3, -0.25) is 0 Å². The molecule has 2 fully saturated rings. The predicted octanol–water partition coefficient (Wildman–Crippen LogP) is 3.78. The second-order valence-corrected chi connectivity index (χ2v) is 7.16. The molecule has 0 aromatic heterocycles. The molecule has 1 unspecified atom stereocenters. The highest BCUT2D eigenvalue weighted by molar-refractivity contribution is 14.1. The normalized spacial score (nSPS) is 34.2. The van der Waals surface area contributed by atoms with Crippen LogP contribution in [0.3, 0.4) is 0 Å². The minimum absolute atomic E-state index is 0.0525. The van der Waals surface area contributed by atoms with Crippen LogP contribution in [0.1, 0.15) is 25.8 Å². The Labute approximate surface area is 142 Å². The molecule has 0 aliphatic carbocycles. The van der Waals surface area contributed by atoms with Crippen molar-refractivity contribution in [3.63, 3.8) is 0 Å². The summed E-state index contributed by atoms with van der Waals surface area (Å²) in [5.41, 5.74) is -0.303. The minimum Gasteiger partial charge on any atom is -0.369 e. The zero-order valence-corrected chi connectivity index (χ0v) is 14.7. The number of hydrogen-bond acceptors (Lipinski definition) is 3. The van der Waals surface area contributed by atoms with Crippen LogP contribution in [0.25, 0.3) is 0 Å². The first-order valence-corrected chi connectivity index (χ1v) is 8.85.